The van der Waals surface area contributed by atoms with Crippen molar-refractivity contribution in [1.82, 2.24) is 19.6 Å². The summed E-state index contributed by atoms with van der Waals surface area (Å²) in [5.74, 6) is 3.80. The average molecular weight is 457 g/mol. The molecule has 4 rings (SSSR count). The summed E-state index contributed by atoms with van der Waals surface area (Å²) in [5, 5.41) is 5.19. The fourth-order valence-corrected chi connectivity index (χ4v) is 4.95. The van der Waals surface area contributed by atoms with Crippen LogP contribution in [0.25, 0.3) is 5.78 Å². The van der Waals surface area contributed by atoms with Gasteiger partial charge in [0.15, 0.2) is 17.3 Å². The minimum atomic E-state index is -0.0403. The van der Waals surface area contributed by atoms with E-state index in [4.69, 9.17) is 19.2 Å². The predicted octanol–water partition coefficient (Wildman–Crippen LogP) is 4.20. The molecule has 1 aliphatic rings. The van der Waals surface area contributed by atoms with E-state index in [1.54, 1.807) is 43.8 Å². The Morgan fingerprint density at radius 2 is 1.81 bits per heavy atom. The van der Waals surface area contributed by atoms with E-state index in [1.165, 1.54) is 0 Å². The summed E-state index contributed by atoms with van der Waals surface area (Å²) < 4.78 is 18.0. The standard InChI is InChI=1S/C23H28N4O4S/c1-13(2)6-7-32-23-25-22-24-17-8-14(9-18(28)16(17)12-27(22)26-23)15-10-19(29-3)21(31-5)20(11-15)30-4/h10-14H,6-9H2,1-5H3. The van der Waals surface area contributed by atoms with Gasteiger partial charge in [0.25, 0.3) is 5.78 Å². The first-order chi connectivity index (χ1) is 15.4. The third-order valence-electron chi connectivity index (χ3n) is 5.65. The molecule has 8 nitrogen and oxygen atoms in total. The number of thioether (sulfide) groups is 1. The summed E-state index contributed by atoms with van der Waals surface area (Å²) in [7, 11) is 4.75. The minimum Gasteiger partial charge on any atom is -0.493 e. The average Bonchev–Trinajstić information content (AvgIpc) is 3.17. The first kappa shape index (κ1) is 22.4. The molecule has 0 radical (unpaired) electrons. The van der Waals surface area contributed by atoms with E-state index in [2.05, 4.69) is 23.9 Å². The molecule has 0 N–H and O–H groups in total. The molecular weight excluding hydrogens is 428 g/mol. The van der Waals surface area contributed by atoms with Gasteiger partial charge in [0.05, 0.1) is 32.6 Å². The Morgan fingerprint density at radius 1 is 1.09 bits per heavy atom. The fraction of sp³-hybridized carbons (Fsp3) is 0.478. The summed E-state index contributed by atoms with van der Waals surface area (Å²) in [6, 6.07) is 3.81. The van der Waals surface area contributed by atoms with Crippen molar-refractivity contribution in [2.24, 2.45) is 5.92 Å². The third-order valence-corrected chi connectivity index (χ3v) is 6.52. The van der Waals surface area contributed by atoms with Crippen LogP contribution in [0.4, 0.5) is 0 Å². The Morgan fingerprint density at radius 3 is 2.44 bits per heavy atom. The van der Waals surface area contributed by atoms with Crippen LogP contribution >= 0.6 is 11.8 Å². The molecule has 3 aromatic rings. The van der Waals surface area contributed by atoms with Gasteiger partial charge in [-0.3, -0.25) is 4.79 Å². The number of nitrogens with zero attached hydrogens (tertiary/aromatic N) is 4. The molecule has 0 aliphatic heterocycles. The molecule has 32 heavy (non-hydrogen) atoms. The summed E-state index contributed by atoms with van der Waals surface area (Å²) in [5.41, 5.74) is 2.31. The summed E-state index contributed by atoms with van der Waals surface area (Å²) in [6.45, 7) is 4.40. The number of hydrogen-bond acceptors (Lipinski definition) is 8. The molecule has 1 atom stereocenters. The molecule has 0 fully saturated rings. The first-order valence-electron chi connectivity index (χ1n) is 10.7. The molecule has 2 heterocycles. The van der Waals surface area contributed by atoms with Gasteiger partial charge in [0, 0.05) is 18.4 Å². The van der Waals surface area contributed by atoms with Gasteiger partial charge in [0.1, 0.15) is 0 Å². The molecule has 0 saturated heterocycles. The van der Waals surface area contributed by atoms with Crippen LogP contribution in [0, 0.1) is 5.92 Å². The van der Waals surface area contributed by atoms with E-state index >= 15 is 0 Å². The Labute approximate surface area is 191 Å². The van der Waals surface area contributed by atoms with Crippen LogP contribution in [0.3, 0.4) is 0 Å². The number of Topliss-reactive ketones (excluding diaryl/α,β-unsaturated/α-hetero) is 1. The second-order valence-corrected chi connectivity index (χ2v) is 9.32. The Hall–Kier alpha value is -2.81. The largest absolute Gasteiger partial charge is 0.493 e. The second-order valence-electron chi connectivity index (χ2n) is 8.26. The number of carbonyl (C=O) groups is 1. The van der Waals surface area contributed by atoms with Crippen LogP contribution in [0.5, 0.6) is 17.2 Å². The number of benzene rings is 1. The topological polar surface area (TPSA) is 87.8 Å². The Balaban J connectivity index is 1.63. The zero-order valence-electron chi connectivity index (χ0n) is 19.0. The van der Waals surface area contributed by atoms with Gasteiger partial charge in [0.2, 0.25) is 10.9 Å². The van der Waals surface area contributed by atoms with E-state index < -0.39 is 0 Å². The van der Waals surface area contributed by atoms with Gasteiger partial charge < -0.3 is 14.2 Å². The number of fused-ring (bicyclic) bond motifs is 2. The summed E-state index contributed by atoms with van der Waals surface area (Å²) in [6.07, 6.45) is 3.87. The van der Waals surface area contributed by atoms with Crippen LogP contribution < -0.4 is 14.2 Å². The number of methoxy groups -OCH3 is 3. The maximum atomic E-state index is 13.0. The van der Waals surface area contributed by atoms with Gasteiger partial charge >= 0.3 is 0 Å². The van der Waals surface area contributed by atoms with Crippen LogP contribution in [-0.2, 0) is 6.42 Å². The molecule has 0 bridgehead atoms. The van der Waals surface area contributed by atoms with Crippen molar-refractivity contribution >= 4 is 23.3 Å². The van der Waals surface area contributed by atoms with E-state index in [0.29, 0.717) is 52.5 Å². The third kappa shape index (κ3) is 4.39. The SMILES string of the molecule is COc1cc(C2CC(=O)c3cn4nc(SCCC(C)C)nc4nc3C2)cc(OC)c1OC. The zero-order chi connectivity index (χ0) is 22.8. The van der Waals surface area contributed by atoms with Gasteiger partial charge in [-0.05, 0) is 42.4 Å². The minimum absolute atomic E-state index is 0.0403. The molecular formula is C23H28N4O4S. The second kappa shape index (κ2) is 9.36. The lowest BCUT2D eigenvalue weighted by molar-refractivity contribution is 0.0962. The van der Waals surface area contributed by atoms with Gasteiger partial charge in [-0.15, -0.1) is 5.10 Å². The fourth-order valence-electron chi connectivity index (χ4n) is 3.88. The van der Waals surface area contributed by atoms with Crippen LogP contribution in [-0.4, -0.2) is 52.4 Å². The lowest BCUT2D eigenvalue weighted by atomic mass is 9.82. The maximum absolute atomic E-state index is 13.0. The highest BCUT2D eigenvalue weighted by molar-refractivity contribution is 7.99. The molecule has 1 aliphatic carbocycles. The molecule has 1 aromatic carbocycles. The summed E-state index contributed by atoms with van der Waals surface area (Å²) >= 11 is 1.62. The highest BCUT2D eigenvalue weighted by Gasteiger charge is 2.30. The zero-order valence-corrected chi connectivity index (χ0v) is 19.9. The molecule has 2 aromatic heterocycles. The van der Waals surface area contributed by atoms with Crippen molar-refractivity contribution < 1.29 is 19.0 Å². The molecule has 170 valence electrons. The molecule has 0 saturated carbocycles. The molecule has 9 heteroatoms. The van der Waals surface area contributed by atoms with Crippen LogP contribution in [0.2, 0.25) is 0 Å². The van der Waals surface area contributed by atoms with Crippen molar-refractivity contribution in [3.05, 3.63) is 35.2 Å². The van der Waals surface area contributed by atoms with Crippen LogP contribution in [0.15, 0.2) is 23.5 Å². The van der Waals surface area contributed by atoms with E-state index in [-0.39, 0.29) is 11.7 Å². The quantitative estimate of drug-likeness (QED) is 0.466. The number of aromatic nitrogens is 4. The first-order valence-corrected chi connectivity index (χ1v) is 11.6. The number of rotatable bonds is 8. The van der Waals surface area contributed by atoms with Crippen molar-refractivity contribution in [3.63, 3.8) is 0 Å². The lowest BCUT2D eigenvalue weighted by Gasteiger charge is -2.24. The number of ketones is 1. The highest BCUT2D eigenvalue weighted by atomic mass is 32.2. The normalized spacial score (nSPS) is 15.8. The van der Waals surface area contributed by atoms with E-state index in [9.17, 15) is 4.79 Å². The Kier molecular flexibility index (Phi) is 6.55. The Bertz CT molecular complexity index is 1120. The number of ether oxygens (including phenoxy) is 3. The predicted molar refractivity (Wildman–Crippen MR) is 122 cm³/mol. The van der Waals surface area contributed by atoms with Gasteiger partial charge in [-0.25, -0.2) is 9.50 Å². The summed E-state index contributed by atoms with van der Waals surface area (Å²) in [4.78, 5) is 22.3. The van der Waals surface area contributed by atoms with Crippen molar-refractivity contribution in [1.29, 1.82) is 0 Å². The highest BCUT2D eigenvalue weighted by Crippen LogP contribution is 2.42. The van der Waals surface area contributed by atoms with Gasteiger partial charge in [-0.1, -0.05) is 25.6 Å². The maximum Gasteiger partial charge on any atom is 0.253 e. The van der Waals surface area contributed by atoms with Crippen LogP contribution in [0.1, 0.15) is 54.2 Å². The smallest absolute Gasteiger partial charge is 0.253 e. The van der Waals surface area contributed by atoms with E-state index in [1.807, 2.05) is 12.1 Å². The monoisotopic (exact) mass is 456 g/mol. The number of carbonyl (C=O) groups excluding carboxylic acids is 1. The van der Waals surface area contributed by atoms with Crippen molar-refractivity contribution in [3.8, 4) is 17.2 Å². The van der Waals surface area contributed by atoms with Crippen molar-refractivity contribution in [2.75, 3.05) is 27.1 Å². The van der Waals surface area contributed by atoms with Crippen molar-refractivity contribution in [2.45, 2.75) is 44.2 Å². The number of hydrogen-bond donors (Lipinski definition) is 0. The lowest BCUT2D eigenvalue weighted by Crippen LogP contribution is -2.21. The van der Waals surface area contributed by atoms with Gasteiger partial charge in [-0.2, -0.15) is 4.98 Å². The molecule has 0 amide bonds. The van der Waals surface area contributed by atoms with E-state index in [0.717, 1.165) is 23.4 Å². The molecule has 1 unspecified atom stereocenters. The molecule has 0 spiro atoms.